The van der Waals surface area contributed by atoms with Gasteiger partial charge < -0.3 is 0 Å². The first-order valence-corrected chi connectivity index (χ1v) is 3.32. The Hall–Kier alpha value is -1.04. The van der Waals surface area contributed by atoms with E-state index in [1.807, 2.05) is 0 Å². The number of hydrogen-bond acceptors (Lipinski definition) is 2. The van der Waals surface area contributed by atoms with Crippen LogP contribution in [0.25, 0.3) is 0 Å². The molecule has 0 aromatic rings. The zero-order valence-corrected chi connectivity index (χ0v) is 5.88. The first kappa shape index (κ1) is 8.96. The summed E-state index contributed by atoms with van der Waals surface area (Å²) in [5.74, 6) is 2.49. The number of rotatable bonds is 5. The molecule has 0 radical (unpaired) electrons. The van der Waals surface area contributed by atoms with Crippen molar-refractivity contribution in [3.05, 3.63) is 10.1 Å². The van der Waals surface area contributed by atoms with Gasteiger partial charge in [-0.2, -0.15) is 0 Å². The van der Waals surface area contributed by atoms with Crippen LogP contribution in [0.4, 0.5) is 0 Å². The van der Waals surface area contributed by atoms with Crippen molar-refractivity contribution < 1.29 is 4.92 Å². The molecule has 0 fully saturated rings. The van der Waals surface area contributed by atoms with E-state index in [-0.39, 0.29) is 11.5 Å². The Kier molecular flexibility index (Phi) is 5.45. The summed E-state index contributed by atoms with van der Waals surface area (Å²) in [5.41, 5.74) is 0. The van der Waals surface area contributed by atoms with E-state index >= 15 is 0 Å². The summed E-state index contributed by atoms with van der Waals surface area (Å²) >= 11 is 0. The van der Waals surface area contributed by atoms with Crippen LogP contribution >= 0.6 is 0 Å². The van der Waals surface area contributed by atoms with Crippen LogP contribution in [0.1, 0.15) is 25.7 Å². The van der Waals surface area contributed by atoms with E-state index in [4.69, 9.17) is 6.42 Å². The predicted molar refractivity (Wildman–Crippen MR) is 39.2 cm³/mol. The molecular weight excluding hydrogens is 130 g/mol. The lowest BCUT2D eigenvalue weighted by molar-refractivity contribution is -0.480. The van der Waals surface area contributed by atoms with Gasteiger partial charge in [-0.3, -0.25) is 10.1 Å². The van der Waals surface area contributed by atoms with Gasteiger partial charge in [0.1, 0.15) is 0 Å². The fourth-order valence-electron chi connectivity index (χ4n) is 0.645. The largest absolute Gasteiger partial charge is 0.265 e. The summed E-state index contributed by atoms with van der Waals surface area (Å²) < 4.78 is 0. The molecule has 3 heteroatoms. The fraction of sp³-hybridized carbons (Fsp3) is 0.714. The van der Waals surface area contributed by atoms with E-state index in [1.165, 1.54) is 0 Å². The summed E-state index contributed by atoms with van der Waals surface area (Å²) in [6.45, 7) is 0.0740. The summed E-state index contributed by atoms with van der Waals surface area (Å²) in [7, 11) is 0. The Morgan fingerprint density at radius 1 is 1.40 bits per heavy atom. The number of nitrogens with zero attached hydrogens (tertiary/aromatic N) is 1. The highest BCUT2D eigenvalue weighted by atomic mass is 16.6. The molecule has 10 heavy (non-hydrogen) atoms. The van der Waals surface area contributed by atoms with E-state index in [2.05, 4.69) is 5.92 Å². The average Bonchev–Trinajstić information content (AvgIpc) is 1.87. The van der Waals surface area contributed by atoms with Gasteiger partial charge in [0.05, 0.1) is 0 Å². The molecule has 56 valence electrons. The van der Waals surface area contributed by atoms with Gasteiger partial charge in [-0.15, -0.1) is 12.3 Å². The third kappa shape index (κ3) is 6.96. The normalized spacial score (nSPS) is 8.70. The molecule has 0 atom stereocenters. The Balaban J connectivity index is 2.92. The molecule has 0 saturated carbocycles. The molecule has 0 aliphatic rings. The summed E-state index contributed by atoms with van der Waals surface area (Å²) in [4.78, 5) is 9.50. The zero-order chi connectivity index (χ0) is 7.82. The molecule has 0 unspecified atom stereocenters. The lowest BCUT2D eigenvalue weighted by atomic mass is 10.2. The van der Waals surface area contributed by atoms with Crippen molar-refractivity contribution in [3.63, 3.8) is 0 Å². The minimum absolute atomic E-state index is 0.0740. The molecule has 0 heterocycles. The van der Waals surface area contributed by atoms with Crippen LogP contribution in [-0.2, 0) is 0 Å². The molecule has 0 rings (SSSR count). The van der Waals surface area contributed by atoms with Crippen LogP contribution in [0.5, 0.6) is 0 Å². The van der Waals surface area contributed by atoms with Crippen LogP contribution in [0.3, 0.4) is 0 Å². The molecule has 0 aromatic carbocycles. The first-order valence-electron chi connectivity index (χ1n) is 3.32. The van der Waals surface area contributed by atoms with E-state index in [1.54, 1.807) is 0 Å². The monoisotopic (exact) mass is 141 g/mol. The quantitative estimate of drug-likeness (QED) is 0.252. The topological polar surface area (TPSA) is 43.1 Å². The minimum Gasteiger partial charge on any atom is -0.265 e. The Morgan fingerprint density at radius 3 is 2.60 bits per heavy atom. The summed E-state index contributed by atoms with van der Waals surface area (Å²) in [5, 5.41) is 9.80. The minimum atomic E-state index is -0.296. The number of hydrogen-bond donors (Lipinski definition) is 0. The van der Waals surface area contributed by atoms with Gasteiger partial charge in [0.15, 0.2) is 0 Å². The van der Waals surface area contributed by atoms with Crippen LogP contribution in [-0.4, -0.2) is 11.5 Å². The van der Waals surface area contributed by atoms with Crippen LogP contribution in [0.15, 0.2) is 0 Å². The molecule has 0 aromatic heterocycles. The predicted octanol–water partition coefficient (Wildman–Crippen LogP) is 1.46. The van der Waals surface area contributed by atoms with Gasteiger partial charge in [-0.05, 0) is 12.8 Å². The van der Waals surface area contributed by atoms with Gasteiger partial charge in [0.2, 0.25) is 6.54 Å². The van der Waals surface area contributed by atoms with E-state index in [9.17, 15) is 10.1 Å². The smallest absolute Gasteiger partial charge is 0.203 e. The second-order valence-corrected chi connectivity index (χ2v) is 2.07. The Morgan fingerprint density at radius 2 is 2.10 bits per heavy atom. The molecule has 0 aliphatic carbocycles. The van der Waals surface area contributed by atoms with Crippen molar-refractivity contribution in [1.29, 1.82) is 0 Å². The molecule has 0 amide bonds. The maximum atomic E-state index is 9.80. The molecule has 0 N–H and O–H groups in total. The highest BCUT2D eigenvalue weighted by Gasteiger charge is 1.94. The third-order valence-electron chi connectivity index (χ3n) is 1.16. The fourth-order valence-corrected chi connectivity index (χ4v) is 0.645. The van der Waals surface area contributed by atoms with Crippen LogP contribution < -0.4 is 0 Å². The van der Waals surface area contributed by atoms with Crippen molar-refractivity contribution >= 4 is 0 Å². The SMILES string of the molecule is C#CCCCCC[N+](=O)[O-]. The van der Waals surface area contributed by atoms with Gasteiger partial charge in [0, 0.05) is 17.8 Å². The maximum Gasteiger partial charge on any atom is 0.203 e. The standard InChI is InChI=1S/C7H11NO2/c1-2-3-4-5-6-7-8(9)10/h1H,3-7H2. The maximum absolute atomic E-state index is 9.80. The third-order valence-corrected chi connectivity index (χ3v) is 1.16. The second-order valence-electron chi connectivity index (χ2n) is 2.07. The van der Waals surface area contributed by atoms with Gasteiger partial charge in [-0.25, -0.2) is 0 Å². The lowest BCUT2D eigenvalue weighted by Crippen LogP contribution is -1.99. The molecule has 0 spiro atoms. The van der Waals surface area contributed by atoms with Crippen LogP contribution in [0.2, 0.25) is 0 Å². The van der Waals surface area contributed by atoms with Crippen LogP contribution in [0, 0.1) is 22.5 Å². The molecular formula is C7H11NO2. The zero-order valence-electron chi connectivity index (χ0n) is 5.88. The summed E-state index contributed by atoms with van der Waals surface area (Å²) in [6, 6.07) is 0. The number of terminal acetylenes is 1. The molecule has 0 bridgehead atoms. The van der Waals surface area contributed by atoms with Crippen molar-refractivity contribution in [2.24, 2.45) is 0 Å². The first-order chi connectivity index (χ1) is 4.77. The molecule has 0 saturated heterocycles. The van der Waals surface area contributed by atoms with E-state index < -0.39 is 0 Å². The van der Waals surface area contributed by atoms with Crippen molar-refractivity contribution in [1.82, 2.24) is 0 Å². The van der Waals surface area contributed by atoms with Gasteiger partial charge in [0.25, 0.3) is 0 Å². The van der Waals surface area contributed by atoms with Gasteiger partial charge in [-0.1, -0.05) is 0 Å². The van der Waals surface area contributed by atoms with E-state index in [0.717, 1.165) is 19.3 Å². The number of unbranched alkanes of at least 4 members (excludes halogenated alkanes) is 3. The van der Waals surface area contributed by atoms with E-state index in [0.29, 0.717) is 6.42 Å². The molecule has 0 aliphatic heterocycles. The van der Waals surface area contributed by atoms with Crippen molar-refractivity contribution in [2.75, 3.05) is 6.54 Å². The average molecular weight is 141 g/mol. The van der Waals surface area contributed by atoms with Crippen molar-refractivity contribution in [3.8, 4) is 12.3 Å². The second kappa shape index (κ2) is 6.09. The highest BCUT2D eigenvalue weighted by molar-refractivity contribution is 4.82. The Labute approximate surface area is 60.6 Å². The Bertz CT molecular complexity index is 137. The highest BCUT2D eigenvalue weighted by Crippen LogP contribution is 1.97. The molecule has 3 nitrogen and oxygen atoms in total. The lowest BCUT2D eigenvalue weighted by Gasteiger charge is -1.91. The van der Waals surface area contributed by atoms with Crippen molar-refractivity contribution in [2.45, 2.75) is 25.7 Å². The van der Waals surface area contributed by atoms with Gasteiger partial charge >= 0.3 is 0 Å². The number of nitro groups is 1. The summed E-state index contributed by atoms with van der Waals surface area (Å²) in [6.07, 6.45) is 8.14.